The minimum atomic E-state index is -0.417. The number of rotatable bonds is 3. The minimum absolute atomic E-state index is 0. The van der Waals surface area contributed by atoms with E-state index in [2.05, 4.69) is 97.0 Å². The first kappa shape index (κ1) is 38.5. The molecule has 4 nitrogen and oxygen atoms in total. The molecule has 0 atom stereocenters. The minimum Gasteiger partial charge on any atom is -0.512 e. The van der Waals surface area contributed by atoms with Crippen LogP contribution in [0, 0.1) is 23.8 Å². The summed E-state index contributed by atoms with van der Waals surface area (Å²) in [4.78, 5) is 16.3. The van der Waals surface area contributed by atoms with Gasteiger partial charge in [0.15, 0.2) is 5.78 Å². The van der Waals surface area contributed by atoms with Crippen LogP contribution in [0.5, 0.6) is 0 Å². The molecule has 1 N–H and O–H groups in total. The molecule has 0 saturated heterocycles. The summed E-state index contributed by atoms with van der Waals surface area (Å²) in [6.07, 6.45) is 5.65. The number of ketones is 1. The van der Waals surface area contributed by atoms with Crippen LogP contribution in [-0.2, 0) is 35.7 Å². The van der Waals surface area contributed by atoms with Crippen LogP contribution in [-0.4, -0.2) is 15.9 Å². The number of furan rings is 1. The zero-order valence-corrected chi connectivity index (χ0v) is 34.1. The molecule has 0 bridgehead atoms. The molecule has 0 unspecified atom stereocenters. The van der Waals surface area contributed by atoms with Gasteiger partial charge in [0, 0.05) is 59.7 Å². The van der Waals surface area contributed by atoms with E-state index >= 15 is 0 Å². The fourth-order valence-electron chi connectivity index (χ4n) is 6.96. The van der Waals surface area contributed by atoms with Gasteiger partial charge in [-0.1, -0.05) is 112 Å². The summed E-state index contributed by atoms with van der Waals surface area (Å²) in [6, 6.07) is 18.9. The Hall–Kier alpha value is -3.27. The van der Waals surface area contributed by atoms with Gasteiger partial charge in [0.2, 0.25) is 0 Å². The van der Waals surface area contributed by atoms with Crippen LogP contribution in [0.4, 0.5) is 0 Å². The first-order chi connectivity index (χ1) is 22.1. The Morgan fingerprint density at radius 3 is 2.18 bits per heavy atom. The van der Waals surface area contributed by atoms with Gasteiger partial charge in [-0.05, 0) is 65.3 Å². The van der Waals surface area contributed by atoms with Crippen molar-refractivity contribution in [2.24, 2.45) is 10.8 Å². The number of carbonyl (C=O) groups is 1. The second-order valence-electron chi connectivity index (χ2n) is 17.4. The molecule has 5 heteroatoms. The van der Waals surface area contributed by atoms with Crippen molar-refractivity contribution in [2.45, 2.75) is 120 Å². The molecule has 1 aliphatic carbocycles. The molecule has 6 rings (SSSR count). The van der Waals surface area contributed by atoms with E-state index in [4.69, 9.17) is 9.40 Å². The zero-order valence-electron chi connectivity index (χ0n) is 31.7. The van der Waals surface area contributed by atoms with Gasteiger partial charge >= 0.3 is 0 Å². The Bertz CT molecular complexity index is 2060. The fraction of sp³-hybridized carbons (Fsp3) is 0.455. The quantitative estimate of drug-likeness (QED) is 0.112. The van der Waals surface area contributed by atoms with Gasteiger partial charge in [0.1, 0.15) is 16.9 Å². The molecule has 0 saturated carbocycles. The summed E-state index contributed by atoms with van der Waals surface area (Å²) >= 11 is 0. The van der Waals surface area contributed by atoms with Gasteiger partial charge in [0.25, 0.3) is 0 Å². The second-order valence-corrected chi connectivity index (χ2v) is 17.4. The third-order valence-electron chi connectivity index (χ3n) is 10.2. The van der Waals surface area contributed by atoms with Gasteiger partial charge in [-0.2, -0.15) is 0 Å². The molecule has 263 valence electrons. The molecule has 1 aliphatic rings. The van der Waals surface area contributed by atoms with Crippen molar-refractivity contribution < 1.29 is 34.4 Å². The molecule has 0 fully saturated rings. The largest absolute Gasteiger partial charge is 0.512 e. The maximum absolute atomic E-state index is 11.5. The van der Waals surface area contributed by atoms with Crippen molar-refractivity contribution in [2.75, 3.05) is 0 Å². The normalized spacial score (nSPS) is 15.9. The van der Waals surface area contributed by atoms with E-state index < -0.39 is 5.41 Å². The smallest absolute Gasteiger partial charge is 0.164 e. The van der Waals surface area contributed by atoms with Crippen molar-refractivity contribution in [1.82, 2.24) is 4.98 Å². The average Bonchev–Trinajstić information content (AvgIpc) is 3.37. The maximum Gasteiger partial charge on any atom is 0.164 e. The van der Waals surface area contributed by atoms with E-state index in [-0.39, 0.29) is 47.9 Å². The van der Waals surface area contributed by atoms with Crippen LogP contribution < -0.4 is 0 Å². The van der Waals surface area contributed by atoms with E-state index in [1.54, 1.807) is 0 Å². The molecule has 1 radical (unpaired) electrons. The second kappa shape index (κ2) is 13.5. The van der Waals surface area contributed by atoms with E-state index in [1.807, 2.05) is 47.7 Å². The van der Waals surface area contributed by atoms with Gasteiger partial charge < -0.3 is 9.52 Å². The van der Waals surface area contributed by atoms with Gasteiger partial charge in [-0.3, -0.25) is 9.78 Å². The molecular weight excluding hydrogens is 783 g/mol. The van der Waals surface area contributed by atoms with E-state index in [0.29, 0.717) is 5.92 Å². The van der Waals surface area contributed by atoms with Gasteiger partial charge in [-0.15, -0.1) is 29.1 Å². The molecule has 0 amide bonds. The number of fused-ring (bicyclic) bond motifs is 5. The predicted molar refractivity (Wildman–Crippen MR) is 202 cm³/mol. The Labute approximate surface area is 307 Å². The van der Waals surface area contributed by atoms with Crippen LogP contribution in [0.1, 0.15) is 124 Å². The number of carbonyl (C=O) groups excluding carboxylic acids is 1. The number of hydrogen-bond donors (Lipinski definition) is 1. The number of aliphatic hydroxyl groups is 1. The SMILES string of the molecule is CC(C)(C)C(=O)/C=C(\O)C(C)(C)C.Cc1c2c(cc3oc4c(-c5[c-]c6ccccc6c(C(C)C)c5)nccc4c13)C(C)(C)CCC2(C)C.[Ir]. The zero-order chi connectivity index (χ0) is 35.6. The summed E-state index contributed by atoms with van der Waals surface area (Å²) in [5.41, 5.74) is 8.86. The number of aliphatic hydroxyl groups excluding tert-OH is 1. The van der Waals surface area contributed by atoms with E-state index in [0.717, 1.165) is 33.2 Å². The van der Waals surface area contributed by atoms with E-state index in [9.17, 15) is 9.90 Å². The molecule has 2 aromatic heterocycles. The first-order valence-electron chi connectivity index (χ1n) is 17.4. The number of pyridine rings is 1. The first-order valence-corrected chi connectivity index (χ1v) is 17.4. The van der Waals surface area contributed by atoms with E-state index in [1.165, 1.54) is 51.9 Å². The van der Waals surface area contributed by atoms with Crippen LogP contribution in [0.3, 0.4) is 0 Å². The molecule has 49 heavy (non-hydrogen) atoms. The molecule has 0 spiro atoms. The van der Waals surface area contributed by atoms with Crippen LogP contribution >= 0.6 is 0 Å². The monoisotopic (exact) mass is 837 g/mol. The summed E-state index contributed by atoms with van der Waals surface area (Å²) in [6.45, 7) is 27.4. The van der Waals surface area contributed by atoms with Crippen molar-refractivity contribution in [3.63, 3.8) is 0 Å². The maximum atomic E-state index is 11.5. The van der Waals surface area contributed by atoms with Crippen molar-refractivity contribution in [3.8, 4) is 11.3 Å². The van der Waals surface area contributed by atoms with Gasteiger partial charge in [0.05, 0.1) is 0 Å². The number of aromatic nitrogens is 1. The summed E-state index contributed by atoms with van der Waals surface area (Å²) in [5, 5.41) is 14.3. The predicted octanol–water partition coefficient (Wildman–Crippen LogP) is 12.5. The topological polar surface area (TPSA) is 63.3 Å². The van der Waals surface area contributed by atoms with Crippen molar-refractivity contribution in [1.29, 1.82) is 0 Å². The Balaban J connectivity index is 0.000000332. The third-order valence-corrected chi connectivity index (χ3v) is 10.2. The number of hydrogen-bond acceptors (Lipinski definition) is 4. The standard InChI is InChI=1S/C33H34NO.C11H20O2.Ir/c1-19(2)25-17-22(16-21-10-8-9-11-23(21)25)30-31-24(12-15-34-30)28-20(3)29-26(18-27(28)35-31)32(4,5)13-14-33(29,6)7;1-10(2,3)8(12)7-9(13)11(4,5)6;/h8-12,15,17-19H,13-14H2,1-7H3;7,12H,1-6H3;/q-1;;/b;8-7-;. The summed E-state index contributed by atoms with van der Waals surface area (Å²) in [5.74, 6) is 0.508. The molecule has 5 aromatic rings. The third kappa shape index (κ3) is 7.45. The number of nitrogens with zero attached hydrogens (tertiary/aromatic N) is 1. The van der Waals surface area contributed by atoms with Crippen LogP contribution in [0.2, 0.25) is 0 Å². The van der Waals surface area contributed by atoms with Crippen molar-refractivity contribution in [3.05, 3.63) is 88.8 Å². The summed E-state index contributed by atoms with van der Waals surface area (Å²) < 4.78 is 6.68. The average molecular weight is 837 g/mol. The Morgan fingerprint density at radius 2 is 1.57 bits per heavy atom. The number of benzene rings is 3. The molecule has 2 heterocycles. The fourth-order valence-corrected chi connectivity index (χ4v) is 6.96. The number of allylic oxidation sites excluding steroid dienone is 2. The Kier molecular flexibility index (Phi) is 10.6. The molecule has 0 aliphatic heterocycles. The van der Waals surface area contributed by atoms with Gasteiger partial charge in [-0.25, -0.2) is 0 Å². The van der Waals surface area contributed by atoms with Crippen LogP contribution in [0.25, 0.3) is 44.0 Å². The Morgan fingerprint density at radius 1 is 0.939 bits per heavy atom. The van der Waals surface area contributed by atoms with Crippen LogP contribution in [0.15, 0.2) is 64.9 Å². The molecule has 3 aromatic carbocycles. The van der Waals surface area contributed by atoms with Crippen molar-refractivity contribution >= 4 is 38.5 Å². The number of aryl methyl sites for hydroxylation is 1. The molecular formula is C44H54IrNO3-. The summed E-state index contributed by atoms with van der Waals surface area (Å²) in [7, 11) is 0.